The molecule has 0 aliphatic rings. The Morgan fingerprint density at radius 2 is 1.95 bits per heavy atom. The van der Waals surface area contributed by atoms with E-state index in [9.17, 15) is 4.79 Å². The van der Waals surface area contributed by atoms with E-state index >= 15 is 0 Å². The minimum atomic E-state index is -0.271. The molecule has 0 aliphatic heterocycles. The van der Waals surface area contributed by atoms with Gasteiger partial charge in [0, 0.05) is 5.56 Å². The van der Waals surface area contributed by atoms with Gasteiger partial charge in [-0.2, -0.15) is 5.10 Å². The van der Waals surface area contributed by atoms with Crippen molar-refractivity contribution >= 4 is 12.1 Å². The van der Waals surface area contributed by atoms with E-state index in [0.717, 1.165) is 5.56 Å². The molecule has 0 spiro atoms. The summed E-state index contributed by atoms with van der Waals surface area (Å²) < 4.78 is 5.07. The van der Waals surface area contributed by atoms with Crippen molar-refractivity contribution in [2.75, 3.05) is 7.11 Å². The molecule has 1 amide bonds. The first-order valence-corrected chi connectivity index (χ1v) is 6.23. The maximum absolute atomic E-state index is 11.9. The average molecular weight is 268 g/mol. The lowest BCUT2D eigenvalue weighted by molar-refractivity contribution is 0.0955. The number of rotatable bonds is 4. The first-order chi connectivity index (χ1) is 9.69. The van der Waals surface area contributed by atoms with Crippen LogP contribution >= 0.6 is 0 Å². The largest absolute Gasteiger partial charge is 0.497 e. The standard InChI is InChI=1S/C16H16N2O2/c1-12-6-8-13(9-7-12)11-17-18-16(19)14-4-3-5-15(10-14)20-2/h3-11H,1-2H3,(H,18,19)/b17-11+. The molecule has 0 bridgehead atoms. The Balaban J connectivity index is 1.99. The van der Waals surface area contributed by atoms with Crippen LogP contribution in [0.1, 0.15) is 21.5 Å². The van der Waals surface area contributed by atoms with Gasteiger partial charge in [0.2, 0.25) is 0 Å². The first-order valence-electron chi connectivity index (χ1n) is 6.23. The summed E-state index contributed by atoms with van der Waals surface area (Å²) in [5.74, 6) is 0.368. The molecule has 0 atom stereocenters. The molecular weight excluding hydrogens is 252 g/mol. The number of carbonyl (C=O) groups excluding carboxylic acids is 1. The number of carbonyl (C=O) groups is 1. The van der Waals surface area contributed by atoms with Crippen LogP contribution in [0.2, 0.25) is 0 Å². The van der Waals surface area contributed by atoms with Crippen molar-refractivity contribution in [1.29, 1.82) is 0 Å². The van der Waals surface area contributed by atoms with E-state index in [4.69, 9.17) is 4.74 Å². The van der Waals surface area contributed by atoms with Crippen molar-refractivity contribution in [3.63, 3.8) is 0 Å². The van der Waals surface area contributed by atoms with Gasteiger partial charge in [-0.15, -0.1) is 0 Å². The van der Waals surface area contributed by atoms with E-state index in [2.05, 4.69) is 10.5 Å². The number of ether oxygens (including phenoxy) is 1. The molecule has 0 saturated carbocycles. The smallest absolute Gasteiger partial charge is 0.271 e. The highest BCUT2D eigenvalue weighted by molar-refractivity contribution is 5.95. The van der Waals surface area contributed by atoms with Crippen LogP contribution in [0.5, 0.6) is 5.75 Å². The maximum atomic E-state index is 11.9. The van der Waals surface area contributed by atoms with Crippen molar-refractivity contribution in [2.24, 2.45) is 5.10 Å². The third-order valence-corrected chi connectivity index (χ3v) is 2.79. The van der Waals surface area contributed by atoms with E-state index in [-0.39, 0.29) is 5.91 Å². The summed E-state index contributed by atoms with van der Waals surface area (Å²) >= 11 is 0. The molecule has 4 heteroatoms. The third kappa shape index (κ3) is 3.68. The van der Waals surface area contributed by atoms with Gasteiger partial charge in [-0.05, 0) is 30.7 Å². The Morgan fingerprint density at radius 1 is 1.20 bits per heavy atom. The number of hydrazone groups is 1. The average Bonchev–Trinajstić information content (AvgIpc) is 2.49. The lowest BCUT2D eigenvalue weighted by Crippen LogP contribution is -2.17. The second-order valence-corrected chi connectivity index (χ2v) is 4.34. The molecule has 0 unspecified atom stereocenters. The van der Waals surface area contributed by atoms with Crippen LogP contribution in [0.3, 0.4) is 0 Å². The number of benzene rings is 2. The van der Waals surface area contributed by atoms with Crippen LogP contribution in [0.4, 0.5) is 0 Å². The normalized spacial score (nSPS) is 10.5. The number of nitrogens with zero attached hydrogens (tertiary/aromatic N) is 1. The predicted octanol–water partition coefficient (Wildman–Crippen LogP) is 2.77. The third-order valence-electron chi connectivity index (χ3n) is 2.79. The molecule has 4 nitrogen and oxygen atoms in total. The van der Waals surface area contributed by atoms with Gasteiger partial charge in [0.1, 0.15) is 5.75 Å². The van der Waals surface area contributed by atoms with Gasteiger partial charge >= 0.3 is 0 Å². The topological polar surface area (TPSA) is 50.7 Å². The Bertz CT molecular complexity index is 619. The number of aryl methyl sites for hydroxylation is 1. The number of hydrogen-bond acceptors (Lipinski definition) is 3. The van der Waals surface area contributed by atoms with E-state index in [1.54, 1.807) is 37.6 Å². The van der Waals surface area contributed by atoms with E-state index in [0.29, 0.717) is 11.3 Å². The van der Waals surface area contributed by atoms with E-state index in [1.165, 1.54) is 5.56 Å². The zero-order chi connectivity index (χ0) is 14.4. The molecular formula is C16H16N2O2. The summed E-state index contributed by atoms with van der Waals surface area (Å²) in [5, 5.41) is 3.94. The highest BCUT2D eigenvalue weighted by Gasteiger charge is 2.04. The molecule has 0 aliphatic carbocycles. The summed E-state index contributed by atoms with van der Waals surface area (Å²) in [6.45, 7) is 2.02. The van der Waals surface area contributed by atoms with Crippen LogP contribution in [0.15, 0.2) is 53.6 Å². The number of hydrogen-bond donors (Lipinski definition) is 1. The number of methoxy groups -OCH3 is 1. The zero-order valence-electron chi connectivity index (χ0n) is 11.5. The molecule has 2 rings (SSSR count). The minimum Gasteiger partial charge on any atom is -0.497 e. The predicted molar refractivity (Wildman–Crippen MR) is 79.2 cm³/mol. The number of amides is 1. The van der Waals surface area contributed by atoms with Crippen LogP contribution in [-0.2, 0) is 0 Å². The quantitative estimate of drug-likeness (QED) is 0.684. The molecule has 20 heavy (non-hydrogen) atoms. The van der Waals surface area contributed by atoms with E-state index < -0.39 is 0 Å². The van der Waals surface area contributed by atoms with Crippen LogP contribution in [0.25, 0.3) is 0 Å². The fourth-order valence-corrected chi connectivity index (χ4v) is 1.65. The molecule has 102 valence electrons. The van der Waals surface area contributed by atoms with Gasteiger partial charge in [0.15, 0.2) is 0 Å². The summed E-state index contributed by atoms with van der Waals surface area (Å²) in [4.78, 5) is 11.9. The summed E-state index contributed by atoms with van der Waals surface area (Å²) in [6.07, 6.45) is 1.61. The zero-order valence-corrected chi connectivity index (χ0v) is 11.5. The van der Waals surface area contributed by atoms with Gasteiger partial charge in [-0.25, -0.2) is 5.43 Å². The van der Waals surface area contributed by atoms with Gasteiger partial charge in [-0.3, -0.25) is 4.79 Å². The van der Waals surface area contributed by atoms with Crippen LogP contribution in [-0.4, -0.2) is 19.2 Å². The van der Waals surface area contributed by atoms with Crippen molar-refractivity contribution < 1.29 is 9.53 Å². The fraction of sp³-hybridized carbons (Fsp3) is 0.125. The molecule has 2 aromatic carbocycles. The van der Waals surface area contributed by atoms with Crippen molar-refractivity contribution in [1.82, 2.24) is 5.43 Å². The number of nitrogens with one attached hydrogen (secondary N) is 1. The van der Waals surface area contributed by atoms with Crippen LogP contribution < -0.4 is 10.2 Å². The Labute approximate surface area is 118 Å². The molecule has 2 aromatic rings. The Kier molecular flexibility index (Phi) is 4.50. The van der Waals surface area contributed by atoms with Gasteiger partial charge in [0.05, 0.1) is 13.3 Å². The summed E-state index contributed by atoms with van der Waals surface area (Å²) in [6, 6.07) is 14.8. The molecule has 0 saturated heterocycles. The molecule has 0 fully saturated rings. The monoisotopic (exact) mass is 268 g/mol. The highest BCUT2D eigenvalue weighted by Crippen LogP contribution is 2.12. The lowest BCUT2D eigenvalue weighted by atomic mass is 10.2. The minimum absolute atomic E-state index is 0.271. The highest BCUT2D eigenvalue weighted by atomic mass is 16.5. The van der Waals surface area contributed by atoms with E-state index in [1.807, 2.05) is 31.2 Å². The van der Waals surface area contributed by atoms with Crippen LogP contribution in [0, 0.1) is 6.92 Å². The van der Waals surface area contributed by atoms with Crippen molar-refractivity contribution in [3.8, 4) is 5.75 Å². The maximum Gasteiger partial charge on any atom is 0.271 e. The van der Waals surface area contributed by atoms with Gasteiger partial charge < -0.3 is 4.74 Å². The Morgan fingerprint density at radius 3 is 2.65 bits per heavy atom. The summed E-state index contributed by atoms with van der Waals surface area (Å²) in [5.41, 5.74) is 5.11. The lowest BCUT2D eigenvalue weighted by Gasteiger charge is -2.02. The second-order valence-electron chi connectivity index (χ2n) is 4.34. The molecule has 0 heterocycles. The Hall–Kier alpha value is -2.62. The fourth-order valence-electron chi connectivity index (χ4n) is 1.65. The first kappa shape index (κ1) is 13.8. The van der Waals surface area contributed by atoms with Crippen molar-refractivity contribution in [3.05, 3.63) is 65.2 Å². The molecule has 0 radical (unpaired) electrons. The molecule has 0 aromatic heterocycles. The van der Waals surface area contributed by atoms with Crippen molar-refractivity contribution in [2.45, 2.75) is 6.92 Å². The second kappa shape index (κ2) is 6.52. The molecule has 1 N–H and O–H groups in total. The van der Waals surface area contributed by atoms with Gasteiger partial charge in [0.25, 0.3) is 5.91 Å². The summed E-state index contributed by atoms with van der Waals surface area (Å²) in [7, 11) is 1.56. The SMILES string of the molecule is COc1cccc(C(=O)N/N=C/c2ccc(C)cc2)c1. The van der Waals surface area contributed by atoms with Gasteiger partial charge in [-0.1, -0.05) is 35.9 Å².